The van der Waals surface area contributed by atoms with E-state index in [2.05, 4.69) is 14.8 Å². The van der Waals surface area contributed by atoms with Gasteiger partial charge < -0.3 is 9.80 Å². The Kier molecular flexibility index (Phi) is 4.42. The van der Waals surface area contributed by atoms with Gasteiger partial charge in [0.25, 0.3) is 0 Å². The highest BCUT2D eigenvalue weighted by atomic mass is 19.4. The maximum Gasteiger partial charge on any atom is 0.417 e. The van der Waals surface area contributed by atoms with E-state index in [1.165, 1.54) is 6.07 Å². The van der Waals surface area contributed by atoms with E-state index in [4.69, 9.17) is 5.26 Å². The van der Waals surface area contributed by atoms with Gasteiger partial charge in [0.2, 0.25) is 0 Å². The van der Waals surface area contributed by atoms with Crippen LogP contribution in [0.3, 0.4) is 0 Å². The Morgan fingerprint density at radius 1 is 1.11 bits per heavy atom. The fraction of sp³-hybridized carbons (Fsp3) is 0.400. The topological polar surface area (TPSA) is 43.2 Å². The van der Waals surface area contributed by atoms with E-state index in [-0.39, 0.29) is 11.6 Å². The Labute approximate surface area is 155 Å². The Morgan fingerprint density at radius 3 is 2.63 bits per heavy atom. The van der Waals surface area contributed by atoms with Crippen LogP contribution in [0.1, 0.15) is 24.0 Å². The third-order valence-electron chi connectivity index (χ3n) is 5.60. The molecule has 27 heavy (non-hydrogen) atoms. The van der Waals surface area contributed by atoms with Crippen LogP contribution in [-0.2, 0) is 6.18 Å². The highest BCUT2D eigenvalue weighted by Gasteiger charge is 2.40. The van der Waals surface area contributed by atoms with Gasteiger partial charge in [-0.15, -0.1) is 0 Å². The highest BCUT2D eigenvalue weighted by molar-refractivity contribution is 5.57. The number of anilines is 2. The number of halogens is 3. The first-order valence-electron chi connectivity index (χ1n) is 9.01. The van der Waals surface area contributed by atoms with E-state index in [0.717, 1.165) is 44.4 Å². The van der Waals surface area contributed by atoms with Gasteiger partial charge in [0.05, 0.1) is 17.2 Å². The zero-order valence-corrected chi connectivity index (χ0v) is 14.7. The predicted octanol–water partition coefficient (Wildman–Crippen LogP) is 4.08. The van der Waals surface area contributed by atoms with Gasteiger partial charge in [-0.2, -0.15) is 18.4 Å². The maximum atomic E-state index is 13.3. The summed E-state index contributed by atoms with van der Waals surface area (Å²) < 4.78 is 40.0. The van der Waals surface area contributed by atoms with Crippen LogP contribution in [0.25, 0.3) is 0 Å². The summed E-state index contributed by atoms with van der Waals surface area (Å²) in [6.45, 7) is 2.38. The van der Waals surface area contributed by atoms with E-state index in [9.17, 15) is 13.2 Å². The lowest BCUT2D eigenvalue weighted by atomic mass is 9.92. The summed E-state index contributed by atoms with van der Waals surface area (Å²) in [6, 6.07) is 11.6. The molecular weight excluding hydrogens is 353 g/mol. The summed E-state index contributed by atoms with van der Waals surface area (Å²) in [6.07, 6.45) is -0.807. The molecule has 7 heteroatoms. The molecular formula is C20H19F3N4. The molecule has 1 aromatic heterocycles. The number of piperidine rings is 1. The van der Waals surface area contributed by atoms with Crippen molar-refractivity contribution in [3.8, 4) is 6.07 Å². The fourth-order valence-corrected chi connectivity index (χ4v) is 4.25. The Bertz CT molecular complexity index is 860. The summed E-state index contributed by atoms with van der Waals surface area (Å²) in [5.74, 6) is 1.37. The summed E-state index contributed by atoms with van der Waals surface area (Å²) in [5.41, 5.74) is -0.652. The maximum absolute atomic E-state index is 13.3. The molecule has 2 aliphatic rings. The third-order valence-corrected chi connectivity index (χ3v) is 5.60. The SMILES string of the molecule is N#Cc1ccc(N2CCC3CCN(c4ccccn4)CC32)cc1C(F)(F)F. The second-order valence-corrected chi connectivity index (χ2v) is 7.07. The lowest BCUT2D eigenvalue weighted by Crippen LogP contribution is -2.48. The van der Waals surface area contributed by atoms with Crippen LogP contribution in [0, 0.1) is 17.2 Å². The molecule has 2 saturated heterocycles. The quantitative estimate of drug-likeness (QED) is 0.797. The van der Waals surface area contributed by atoms with Gasteiger partial charge in [0, 0.05) is 37.6 Å². The second-order valence-electron chi connectivity index (χ2n) is 7.07. The first kappa shape index (κ1) is 17.7. The van der Waals surface area contributed by atoms with Crippen LogP contribution in [0.2, 0.25) is 0 Å². The third kappa shape index (κ3) is 3.32. The number of pyridine rings is 1. The summed E-state index contributed by atoms with van der Waals surface area (Å²) in [5, 5.41) is 9.01. The van der Waals surface area contributed by atoms with Gasteiger partial charge in [-0.25, -0.2) is 4.98 Å². The molecule has 0 saturated carbocycles. The number of aromatic nitrogens is 1. The summed E-state index contributed by atoms with van der Waals surface area (Å²) in [7, 11) is 0. The van der Waals surface area contributed by atoms with Gasteiger partial charge in [0.15, 0.2) is 0 Å². The number of hydrogen-bond acceptors (Lipinski definition) is 4. The summed E-state index contributed by atoms with van der Waals surface area (Å²) >= 11 is 0. The fourth-order valence-electron chi connectivity index (χ4n) is 4.25. The van der Waals surface area contributed by atoms with Crippen molar-refractivity contribution < 1.29 is 13.2 Å². The van der Waals surface area contributed by atoms with Crippen molar-refractivity contribution in [1.82, 2.24) is 4.98 Å². The number of benzene rings is 1. The van der Waals surface area contributed by atoms with E-state index >= 15 is 0 Å². The molecule has 2 unspecified atom stereocenters. The van der Waals surface area contributed by atoms with E-state index in [1.807, 2.05) is 18.2 Å². The molecule has 140 valence electrons. The Morgan fingerprint density at radius 2 is 1.93 bits per heavy atom. The number of hydrogen-bond donors (Lipinski definition) is 0. The molecule has 0 amide bonds. The second kappa shape index (κ2) is 6.76. The van der Waals surface area contributed by atoms with E-state index in [0.29, 0.717) is 11.6 Å². The average molecular weight is 372 g/mol. The van der Waals surface area contributed by atoms with Crippen molar-refractivity contribution in [2.75, 3.05) is 29.4 Å². The molecule has 0 aliphatic carbocycles. The van der Waals surface area contributed by atoms with Crippen LogP contribution in [0.5, 0.6) is 0 Å². The van der Waals surface area contributed by atoms with Crippen molar-refractivity contribution in [3.63, 3.8) is 0 Å². The normalized spacial score (nSPS) is 22.4. The lowest BCUT2D eigenvalue weighted by molar-refractivity contribution is -0.137. The van der Waals surface area contributed by atoms with Crippen molar-refractivity contribution in [2.24, 2.45) is 5.92 Å². The molecule has 4 rings (SSSR count). The largest absolute Gasteiger partial charge is 0.417 e. The van der Waals surface area contributed by atoms with Gasteiger partial charge in [-0.05, 0) is 49.1 Å². The molecule has 2 aliphatic heterocycles. The van der Waals surface area contributed by atoms with Gasteiger partial charge >= 0.3 is 6.18 Å². The molecule has 2 aromatic rings. The molecule has 3 heterocycles. The van der Waals surface area contributed by atoms with E-state index < -0.39 is 11.7 Å². The first-order chi connectivity index (χ1) is 13.0. The van der Waals surface area contributed by atoms with Crippen molar-refractivity contribution >= 4 is 11.5 Å². The minimum atomic E-state index is -4.53. The van der Waals surface area contributed by atoms with Crippen LogP contribution in [-0.4, -0.2) is 30.7 Å². The monoisotopic (exact) mass is 372 g/mol. The van der Waals surface area contributed by atoms with Crippen LogP contribution < -0.4 is 9.80 Å². The van der Waals surface area contributed by atoms with Gasteiger partial charge in [-0.1, -0.05) is 6.07 Å². The number of fused-ring (bicyclic) bond motifs is 1. The van der Waals surface area contributed by atoms with Crippen molar-refractivity contribution in [1.29, 1.82) is 5.26 Å². The van der Waals surface area contributed by atoms with Crippen LogP contribution in [0.4, 0.5) is 24.7 Å². The van der Waals surface area contributed by atoms with Crippen molar-refractivity contribution in [2.45, 2.75) is 25.1 Å². The molecule has 0 spiro atoms. The minimum Gasteiger partial charge on any atom is -0.366 e. The number of nitrogens with zero attached hydrogens (tertiary/aromatic N) is 4. The lowest BCUT2D eigenvalue weighted by Gasteiger charge is -2.40. The van der Waals surface area contributed by atoms with Crippen LogP contribution >= 0.6 is 0 Å². The number of rotatable bonds is 2. The zero-order chi connectivity index (χ0) is 19.0. The molecule has 0 radical (unpaired) electrons. The molecule has 0 bridgehead atoms. The van der Waals surface area contributed by atoms with Crippen molar-refractivity contribution in [3.05, 3.63) is 53.7 Å². The average Bonchev–Trinajstić information content (AvgIpc) is 3.10. The minimum absolute atomic E-state index is 0.148. The van der Waals surface area contributed by atoms with Crippen LogP contribution in [0.15, 0.2) is 42.6 Å². The number of nitriles is 1. The Balaban J connectivity index is 1.62. The number of alkyl halides is 3. The van der Waals surface area contributed by atoms with Gasteiger partial charge in [-0.3, -0.25) is 0 Å². The zero-order valence-electron chi connectivity index (χ0n) is 14.7. The Hall–Kier alpha value is -2.75. The molecule has 2 atom stereocenters. The summed E-state index contributed by atoms with van der Waals surface area (Å²) in [4.78, 5) is 8.67. The molecule has 4 nitrogen and oxygen atoms in total. The van der Waals surface area contributed by atoms with Gasteiger partial charge in [0.1, 0.15) is 5.82 Å². The smallest absolute Gasteiger partial charge is 0.366 e. The molecule has 0 N–H and O–H groups in total. The molecule has 2 fully saturated rings. The predicted molar refractivity (Wildman–Crippen MR) is 96.5 cm³/mol. The molecule has 1 aromatic carbocycles. The standard InChI is InChI=1S/C20H19F3N4/c21-20(22,23)17-11-16(5-4-15(17)12-24)27-10-7-14-6-9-26(13-18(14)27)19-3-1-2-8-25-19/h1-5,8,11,14,18H,6-7,9-10,13H2. The first-order valence-corrected chi connectivity index (χ1v) is 9.01. The van der Waals surface area contributed by atoms with E-state index in [1.54, 1.807) is 18.3 Å². The highest BCUT2D eigenvalue weighted by Crippen LogP contribution is 2.39.